The first-order chi connectivity index (χ1) is 13.5. The first-order valence-corrected chi connectivity index (χ1v) is 9.49. The molecule has 6 heteroatoms. The lowest BCUT2D eigenvalue weighted by atomic mass is 9.98. The maximum Gasteiger partial charge on any atom is 0.295 e. The van der Waals surface area contributed by atoms with E-state index in [9.17, 15) is 9.59 Å². The summed E-state index contributed by atoms with van der Waals surface area (Å²) >= 11 is 6.29. The lowest BCUT2D eigenvalue weighted by Crippen LogP contribution is -2.63. The molecule has 0 bridgehead atoms. The second-order valence-corrected chi connectivity index (χ2v) is 7.25. The van der Waals surface area contributed by atoms with Crippen LogP contribution in [0.5, 0.6) is 0 Å². The fourth-order valence-electron chi connectivity index (χ4n) is 3.52. The van der Waals surface area contributed by atoms with Crippen LogP contribution in [-0.4, -0.2) is 26.7 Å². The molecular formula is C22H20ClN3O2. The van der Waals surface area contributed by atoms with Crippen molar-refractivity contribution in [2.24, 2.45) is 7.05 Å². The van der Waals surface area contributed by atoms with Crippen LogP contribution in [0.4, 0.5) is 5.69 Å². The second kappa shape index (κ2) is 7.17. The van der Waals surface area contributed by atoms with Gasteiger partial charge in [0.15, 0.2) is 0 Å². The molecule has 2 aromatic carbocycles. The number of alkyl halides is 1. The highest BCUT2D eigenvalue weighted by Crippen LogP contribution is 2.33. The molecule has 2 heterocycles. The number of nitrogens with zero attached hydrogens (tertiary/aromatic N) is 3. The van der Waals surface area contributed by atoms with Crippen LogP contribution >= 0.6 is 11.6 Å². The van der Waals surface area contributed by atoms with Crippen molar-refractivity contribution < 1.29 is 4.79 Å². The molecule has 1 fully saturated rings. The van der Waals surface area contributed by atoms with Crippen molar-refractivity contribution in [1.82, 2.24) is 9.36 Å². The summed E-state index contributed by atoms with van der Waals surface area (Å²) in [6.07, 6.45) is 3.81. The molecule has 0 saturated carbocycles. The topological polar surface area (TPSA) is 47.2 Å². The third-order valence-corrected chi connectivity index (χ3v) is 5.57. The first-order valence-electron chi connectivity index (χ1n) is 9.05. The van der Waals surface area contributed by atoms with Crippen molar-refractivity contribution >= 4 is 29.3 Å². The summed E-state index contributed by atoms with van der Waals surface area (Å²) in [5.41, 5.74) is 2.61. The number of rotatable bonds is 4. The van der Waals surface area contributed by atoms with Crippen LogP contribution in [0.15, 0.2) is 71.5 Å². The molecule has 5 nitrogen and oxygen atoms in total. The molecule has 0 N–H and O–H groups in total. The van der Waals surface area contributed by atoms with Gasteiger partial charge in [-0.3, -0.25) is 19.2 Å². The van der Waals surface area contributed by atoms with Crippen LogP contribution in [0.1, 0.15) is 11.3 Å². The van der Waals surface area contributed by atoms with E-state index in [-0.39, 0.29) is 17.5 Å². The number of anilines is 1. The maximum absolute atomic E-state index is 13.2. The fraction of sp³-hybridized carbons (Fsp3) is 0.182. The maximum atomic E-state index is 13.2. The minimum Gasteiger partial charge on any atom is -0.296 e. The Morgan fingerprint density at radius 2 is 1.57 bits per heavy atom. The Hall–Kier alpha value is -3.05. The summed E-state index contributed by atoms with van der Waals surface area (Å²) in [7, 11) is 1.81. The molecule has 142 valence electrons. The van der Waals surface area contributed by atoms with E-state index in [0.717, 1.165) is 11.3 Å². The van der Waals surface area contributed by atoms with Crippen molar-refractivity contribution in [3.05, 3.63) is 88.4 Å². The molecule has 0 radical (unpaired) electrons. The number of benzene rings is 2. The highest BCUT2D eigenvalue weighted by atomic mass is 35.5. The van der Waals surface area contributed by atoms with Gasteiger partial charge in [0.05, 0.1) is 17.4 Å². The largest absolute Gasteiger partial charge is 0.296 e. The van der Waals surface area contributed by atoms with Gasteiger partial charge in [0.2, 0.25) is 5.91 Å². The van der Waals surface area contributed by atoms with Gasteiger partial charge in [-0.15, -0.1) is 11.6 Å². The molecule has 28 heavy (non-hydrogen) atoms. The Bertz CT molecular complexity index is 1100. The van der Waals surface area contributed by atoms with Crippen molar-refractivity contribution in [2.45, 2.75) is 18.3 Å². The average Bonchev–Trinajstić information content (AvgIpc) is 2.94. The number of halogens is 1. The Labute approximate surface area is 168 Å². The van der Waals surface area contributed by atoms with E-state index in [4.69, 9.17) is 11.6 Å². The quantitative estimate of drug-likeness (QED) is 0.503. The predicted octanol–water partition coefficient (Wildman–Crippen LogP) is 3.52. The highest BCUT2D eigenvalue weighted by Gasteiger charge is 2.48. The minimum absolute atomic E-state index is 0.235. The monoisotopic (exact) mass is 393 g/mol. The molecule has 0 aliphatic carbocycles. The third kappa shape index (κ3) is 2.88. The van der Waals surface area contributed by atoms with Crippen molar-refractivity contribution in [3.63, 3.8) is 0 Å². The molecule has 1 aliphatic rings. The summed E-state index contributed by atoms with van der Waals surface area (Å²) in [6.45, 7) is 1.84. The molecule has 1 aromatic heterocycles. The average molecular weight is 394 g/mol. The van der Waals surface area contributed by atoms with E-state index in [1.807, 2.05) is 86.8 Å². The number of carbonyl (C=O) groups excluding carboxylic acids is 1. The van der Waals surface area contributed by atoms with Crippen molar-refractivity contribution in [1.29, 1.82) is 0 Å². The van der Waals surface area contributed by atoms with Gasteiger partial charge >= 0.3 is 0 Å². The number of para-hydroxylation sites is 1. The van der Waals surface area contributed by atoms with Crippen LogP contribution < -0.4 is 10.5 Å². The summed E-state index contributed by atoms with van der Waals surface area (Å²) < 4.78 is 3.33. The number of β-lactam (4-membered cyclic amide) rings is 1. The number of hydrogen-bond acceptors (Lipinski definition) is 2. The van der Waals surface area contributed by atoms with Gasteiger partial charge in [0.1, 0.15) is 11.1 Å². The molecular weight excluding hydrogens is 374 g/mol. The molecule has 3 aromatic rings. The fourth-order valence-corrected chi connectivity index (χ4v) is 3.82. The first kappa shape index (κ1) is 18.3. The third-order valence-electron chi connectivity index (χ3n) is 5.12. The SMILES string of the molecule is Cc1c(N2C(=O)C(Cl)C2/C=C/c2ccccc2)c(=O)n(-c2ccccc2)n1C. The lowest BCUT2D eigenvalue weighted by Gasteiger charge is -2.41. The van der Waals surface area contributed by atoms with Gasteiger partial charge in [-0.05, 0) is 24.6 Å². The molecule has 4 rings (SSSR count). The second-order valence-electron chi connectivity index (χ2n) is 6.78. The molecule has 1 aliphatic heterocycles. The zero-order valence-corrected chi connectivity index (χ0v) is 16.4. The van der Waals surface area contributed by atoms with Gasteiger partial charge in [0.25, 0.3) is 5.56 Å². The normalized spacial score (nSPS) is 19.2. The van der Waals surface area contributed by atoms with E-state index in [1.165, 1.54) is 4.90 Å². The standard InChI is InChI=1S/C22H20ClN3O2/c1-15-20(22(28)26(24(15)2)17-11-7-4-8-12-17)25-18(19(23)21(25)27)14-13-16-9-5-3-6-10-16/h3-14,18-19H,1-2H3/b14-13+. The summed E-state index contributed by atoms with van der Waals surface area (Å²) in [5.74, 6) is -0.254. The lowest BCUT2D eigenvalue weighted by molar-refractivity contribution is -0.122. The van der Waals surface area contributed by atoms with Crippen LogP contribution in [0.25, 0.3) is 11.8 Å². The van der Waals surface area contributed by atoms with Crippen LogP contribution in [0.3, 0.4) is 0 Å². The Balaban J connectivity index is 1.75. The number of amides is 1. The Morgan fingerprint density at radius 3 is 2.21 bits per heavy atom. The van der Waals surface area contributed by atoms with E-state index in [1.54, 1.807) is 9.36 Å². The van der Waals surface area contributed by atoms with Gasteiger partial charge in [-0.2, -0.15) is 0 Å². The number of aromatic nitrogens is 2. The number of hydrogen-bond donors (Lipinski definition) is 0. The zero-order valence-electron chi connectivity index (χ0n) is 15.6. The van der Waals surface area contributed by atoms with Gasteiger partial charge in [-0.25, -0.2) is 4.68 Å². The van der Waals surface area contributed by atoms with Crippen molar-refractivity contribution in [3.8, 4) is 5.69 Å². The molecule has 1 saturated heterocycles. The summed E-state index contributed by atoms with van der Waals surface area (Å²) in [5, 5.41) is -0.677. The molecule has 0 spiro atoms. The predicted molar refractivity (Wildman–Crippen MR) is 112 cm³/mol. The van der Waals surface area contributed by atoms with E-state index < -0.39 is 5.38 Å². The minimum atomic E-state index is -0.677. The van der Waals surface area contributed by atoms with Gasteiger partial charge < -0.3 is 0 Å². The zero-order chi connectivity index (χ0) is 19.8. The smallest absolute Gasteiger partial charge is 0.295 e. The van der Waals surface area contributed by atoms with E-state index in [0.29, 0.717) is 11.4 Å². The van der Waals surface area contributed by atoms with Gasteiger partial charge in [-0.1, -0.05) is 60.7 Å². The molecule has 2 unspecified atom stereocenters. The summed E-state index contributed by atoms with van der Waals surface area (Å²) in [6, 6.07) is 18.8. The highest BCUT2D eigenvalue weighted by molar-refractivity contribution is 6.37. The number of carbonyl (C=O) groups is 1. The Morgan fingerprint density at radius 1 is 0.964 bits per heavy atom. The van der Waals surface area contributed by atoms with Crippen LogP contribution in [-0.2, 0) is 11.8 Å². The Kier molecular flexibility index (Phi) is 4.69. The van der Waals surface area contributed by atoms with Crippen molar-refractivity contribution in [2.75, 3.05) is 4.90 Å². The van der Waals surface area contributed by atoms with Gasteiger partial charge in [0, 0.05) is 7.05 Å². The van der Waals surface area contributed by atoms with E-state index in [2.05, 4.69) is 0 Å². The molecule has 2 atom stereocenters. The van der Waals surface area contributed by atoms with Crippen LogP contribution in [0.2, 0.25) is 0 Å². The summed E-state index contributed by atoms with van der Waals surface area (Å²) in [4.78, 5) is 27.3. The van der Waals surface area contributed by atoms with E-state index >= 15 is 0 Å². The van der Waals surface area contributed by atoms with Crippen LogP contribution in [0, 0.1) is 6.92 Å². The molecule has 1 amide bonds.